The lowest BCUT2D eigenvalue weighted by Gasteiger charge is -2.03. The predicted octanol–water partition coefficient (Wildman–Crippen LogP) is 2.68. The lowest BCUT2D eigenvalue weighted by atomic mass is 10.2. The number of aryl methyl sites for hydroxylation is 1. The largest absolute Gasteiger partial charge is 0.281 e. The van der Waals surface area contributed by atoms with Crippen molar-refractivity contribution in [2.45, 2.75) is 6.92 Å². The Kier molecular flexibility index (Phi) is 2.45. The summed E-state index contributed by atoms with van der Waals surface area (Å²) in [5.74, 6) is 0.583. The summed E-state index contributed by atoms with van der Waals surface area (Å²) in [4.78, 5) is 12.3. The van der Waals surface area contributed by atoms with Crippen molar-refractivity contribution in [3.8, 4) is 5.82 Å². The number of aromatic amines is 1. The lowest BCUT2D eigenvalue weighted by molar-refractivity contribution is 0.922. The van der Waals surface area contributed by atoms with Crippen LogP contribution < -0.4 is 5.56 Å². The number of H-pyrrole nitrogens is 1. The van der Waals surface area contributed by atoms with E-state index in [4.69, 9.17) is 11.6 Å². The van der Waals surface area contributed by atoms with Crippen molar-refractivity contribution < 1.29 is 0 Å². The molecule has 0 aliphatic carbocycles. The number of fused-ring (bicyclic) bond motifs is 1. The summed E-state index contributed by atoms with van der Waals surface area (Å²) in [5, 5.41) is 8.91. The molecule has 2 heterocycles. The highest BCUT2D eigenvalue weighted by molar-refractivity contribution is 6.31. The van der Waals surface area contributed by atoms with E-state index < -0.39 is 0 Å². The summed E-state index contributed by atoms with van der Waals surface area (Å²) in [7, 11) is 0. The van der Waals surface area contributed by atoms with Gasteiger partial charge in [0.05, 0.1) is 0 Å². The minimum atomic E-state index is -0.124. The number of hydrogen-bond acceptors (Lipinski definition) is 2. The average molecular weight is 260 g/mol. The van der Waals surface area contributed by atoms with Crippen molar-refractivity contribution in [2.75, 3.05) is 0 Å². The van der Waals surface area contributed by atoms with Crippen molar-refractivity contribution in [3.05, 3.63) is 57.6 Å². The van der Waals surface area contributed by atoms with E-state index in [1.165, 1.54) is 4.57 Å². The molecule has 0 atom stereocenters. The van der Waals surface area contributed by atoms with E-state index in [1.54, 1.807) is 18.3 Å². The van der Waals surface area contributed by atoms with E-state index in [0.717, 1.165) is 11.1 Å². The summed E-state index contributed by atoms with van der Waals surface area (Å²) >= 11 is 5.92. The number of nitrogens with zero attached hydrogens (tertiary/aromatic N) is 2. The van der Waals surface area contributed by atoms with Gasteiger partial charge in [-0.15, -0.1) is 0 Å². The number of benzene rings is 1. The van der Waals surface area contributed by atoms with Crippen molar-refractivity contribution >= 4 is 22.4 Å². The molecule has 1 N–H and O–H groups in total. The maximum atomic E-state index is 12.3. The van der Waals surface area contributed by atoms with Crippen LogP contribution >= 0.6 is 11.6 Å². The zero-order chi connectivity index (χ0) is 12.7. The van der Waals surface area contributed by atoms with Crippen LogP contribution in [0.3, 0.4) is 0 Å². The predicted molar refractivity (Wildman–Crippen MR) is 71.4 cm³/mol. The standard InChI is InChI=1S/C13H10ClN3O/c1-8-6-12(16-15-8)17-5-4-9-2-3-10(14)7-11(9)13(17)18/h2-7H,1H3,(H,15,16). The van der Waals surface area contributed by atoms with E-state index in [1.807, 2.05) is 25.1 Å². The van der Waals surface area contributed by atoms with Gasteiger partial charge in [0.25, 0.3) is 5.56 Å². The number of hydrogen-bond donors (Lipinski definition) is 1. The molecule has 0 amide bonds. The van der Waals surface area contributed by atoms with Gasteiger partial charge in [-0.25, -0.2) is 0 Å². The van der Waals surface area contributed by atoms with Crippen LogP contribution in [0.2, 0.25) is 5.02 Å². The smallest absolute Gasteiger partial charge is 0.264 e. The molecule has 0 bridgehead atoms. The fourth-order valence-corrected chi connectivity index (χ4v) is 2.09. The first kappa shape index (κ1) is 11.0. The van der Waals surface area contributed by atoms with Gasteiger partial charge in [-0.1, -0.05) is 17.7 Å². The minimum absolute atomic E-state index is 0.124. The molecule has 18 heavy (non-hydrogen) atoms. The first-order valence-corrected chi connectivity index (χ1v) is 5.86. The molecule has 3 aromatic rings. The third-order valence-electron chi connectivity index (χ3n) is 2.81. The lowest BCUT2D eigenvalue weighted by Crippen LogP contribution is -2.17. The Morgan fingerprint density at radius 2 is 2.11 bits per heavy atom. The molecular formula is C13H10ClN3O. The quantitative estimate of drug-likeness (QED) is 0.730. The first-order valence-electron chi connectivity index (χ1n) is 5.48. The summed E-state index contributed by atoms with van der Waals surface area (Å²) in [6.45, 7) is 1.89. The van der Waals surface area contributed by atoms with Crippen LogP contribution in [-0.2, 0) is 0 Å². The molecule has 0 aliphatic rings. The number of halogens is 1. The maximum Gasteiger partial charge on any atom is 0.264 e. The van der Waals surface area contributed by atoms with Gasteiger partial charge >= 0.3 is 0 Å². The topological polar surface area (TPSA) is 50.7 Å². The maximum absolute atomic E-state index is 12.3. The van der Waals surface area contributed by atoms with Gasteiger partial charge in [0.2, 0.25) is 0 Å². The third kappa shape index (κ3) is 1.71. The minimum Gasteiger partial charge on any atom is -0.281 e. The van der Waals surface area contributed by atoms with Crippen LogP contribution in [0.1, 0.15) is 5.69 Å². The number of aromatic nitrogens is 3. The number of nitrogens with one attached hydrogen (secondary N) is 1. The van der Waals surface area contributed by atoms with E-state index >= 15 is 0 Å². The highest BCUT2D eigenvalue weighted by atomic mass is 35.5. The van der Waals surface area contributed by atoms with Crippen LogP contribution in [0.25, 0.3) is 16.6 Å². The Balaban J connectivity index is 2.32. The Morgan fingerprint density at radius 1 is 1.28 bits per heavy atom. The van der Waals surface area contributed by atoms with Gasteiger partial charge < -0.3 is 0 Å². The SMILES string of the molecule is Cc1cc(-n2ccc3ccc(Cl)cc3c2=O)n[nH]1. The van der Waals surface area contributed by atoms with Crippen molar-refractivity contribution in [2.24, 2.45) is 0 Å². The molecule has 3 rings (SSSR count). The van der Waals surface area contributed by atoms with Gasteiger partial charge in [-0.2, -0.15) is 5.10 Å². The van der Waals surface area contributed by atoms with Gasteiger partial charge in [-0.3, -0.25) is 14.5 Å². The average Bonchev–Trinajstić information content (AvgIpc) is 2.77. The third-order valence-corrected chi connectivity index (χ3v) is 3.04. The van der Waals surface area contributed by atoms with Crippen molar-refractivity contribution in [1.29, 1.82) is 0 Å². The number of pyridine rings is 1. The highest BCUT2D eigenvalue weighted by Gasteiger charge is 2.07. The van der Waals surface area contributed by atoms with Crippen LogP contribution in [0, 0.1) is 6.92 Å². The zero-order valence-corrected chi connectivity index (χ0v) is 10.4. The fourth-order valence-electron chi connectivity index (χ4n) is 1.92. The molecule has 0 fully saturated rings. The Bertz CT molecular complexity index is 788. The normalized spacial score (nSPS) is 11.0. The molecule has 0 unspecified atom stereocenters. The summed E-state index contributed by atoms with van der Waals surface area (Å²) < 4.78 is 1.50. The van der Waals surface area contributed by atoms with Crippen LogP contribution in [-0.4, -0.2) is 14.8 Å². The molecule has 0 radical (unpaired) electrons. The Hall–Kier alpha value is -2.07. The molecule has 0 aliphatic heterocycles. The van der Waals surface area contributed by atoms with Crippen LogP contribution in [0.5, 0.6) is 0 Å². The fraction of sp³-hybridized carbons (Fsp3) is 0.0769. The monoisotopic (exact) mass is 259 g/mol. The molecular weight excluding hydrogens is 250 g/mol. The van der Waals surface area contributed by atoms with E-state index in [2.05, 4.69) is 10.2 Å². The summed E-state index contributed by atoms with van der Waals surface area (Å²) in [6.07, 6.45) is 1.72. The molecule has 4 nitrogen and oxygen atoms in total. The van der Waals surface area contributed by atoms with Crippen LogP contribution in [0.4, 0.5) is 0 Å². The van der Waals surface area contributed by atoms with Gasteiger partial charge in [0.15, 0.2) is 5.82 Å². The molecule has 0 spiro atoms. The summed E-state index contributed by atoms with van der Waals surface area (Å²) in [6, 6.07) is 8.97. The van der Waals surface area contributed by atoms with E-state index in [-0.39, 0.29) is 5.56 Å². The second kappa shape index (κ2) is 3.99. The second-order valence-electron chi connectivity index (χ2n) is 4.13. The van der Waals surface area contributed by atoms with E-state index in [9.17, 15) is 4.79 Å². The highest BCUT2D eigenvalue weighted by Crippen LogP contribution is 2.16. The number of rotatable bonds is 1. The Morgan fingerprint density at radius 3 is 2.83 bits per heavy atom. The molecule has 0 saturated carbocycles. The summed E-state index contributed by atoms with van der Waals surface area (Å²) in [5.41, 5.74) is 0.782. The van der Waals surface area contributed by atoms with Gasteiger partial charge in [-0.05, 0) is 30.5 Å². The van der Waals surface area contributed by atoms with Gasteiger partial charge in [0, 0.05) is 28.4 Å². The Labute approximate surface area is 108 Å². The zero-order valence-electron chi connectivity index (χ0n) is 9.64. The van der Waals surface area contributed by atoms with E-state index in [0.29, 0.717) is 16.2 Å². The molecule has 0 saturated heterocycles. The molecule has 2 aromatic heterocycles. The molecule has 5 heteroatoms. The van der Waals surface area contributed by atoms with Crippen molar-refractivity contribution in [3.63, 3.8) is 0 Å². The van der Waals surface area contributed by atoms with Crippen molar-refractivity contribution in [1.82, 2.24) is 14.8 Å². The second-order valence-corrected chi connectivity index (χ2v) is 4.57. The molecule has 90 valence electrons. The molecule has 1 aromatic carbocycles. The van der Waals surface area contributed by atoms with Gasteiger partial charge in [0.1, 0.15) is 0 Å². The van der Waals surface area contributed by atoms with Crippen LogP contribution in [0.15, 0.2) is 41.3 Å². The first-order chi connectivity index (χ1) is 8.65.